The van der Waals surface area contributed by atoms with Gasteiger partial charge in [-0.25, -0.2) is 0 Å². The lowest BCUT2D eigenvalue weighted by Crippen LogP contribution is -2.28. The summed E-state index contributed by atoms with van der Waals surface area (Å²) in [6.07, 6.45) is 2.47. The van der Waals surface area contributed by atoms with Gasteiger partial charge in [-0.15, -0.1) is 0 Å². The quantitative estimate of drug-likeness (QED) is 0.680. The van der Waals surface area contributed by atoms with Gasteiger partial charge in [-0.05, 0) is 74.1 Å². The zero-order valence-electron chi connectivity index (χ0n) is 11.7. The molecule has 1 N–H and O–H groups in total. The van der Waals surface area contributed by atoms with Gasteiger partial charge in [0.05, 0.1) is 6.54 Å². The molecular formula is C14H25IN2O. The fourth-order valence-electron chi connectivity index (χ4n) is 1.98. The highest BCUT2D eigenvalue weighted by atomic mass is 127. The fraction of sp³-hybridized carbons (Fsp3) is 0.714. The maximum Gasteiger partial charge on any atom is 0.164 e. The van der Waals surface area contributed by atoms with Gasteiger partial charge in [0.25, 0.3) is 0 Å². The molecule has 0 aliphatic carbocycles. The first-order valence-electron chi connectivity index (χ1n) is 6.85. The predicted molar refractivity (Wildman–Crippen MR) is 84.7 cm³/mol. The summed E-state index contributed by atoms with van der Waals surface area (Å²) in [4.78, 5) is 2.47. The van der Waals surface area contributed by atoms with Gasteiger partial charge >= 0.3 is 0 Å². The molecule has 0 bridgehead atoms. The van der Waals surface area contributed by atoms with Crippen LogP contribution in [0.3, 0.4) is 0 Å². The molecule has 0 spiro atoms. The number of rotatable bonds is 9. The van der Waals surface area contributed by atoms with Crippen molar-refractivity contribution in [3.05, 3.63) is 21.7 Å². The first kappa shape index (κ1) is 16.0. The molecule has 0 aliphatic rings. The summed E-state index contributed by atoms with van der Waals surface area (Å²) in [5, 5.41) is 3.51. The van der Waals surface area contributed by atoms with Crippen LogP contribution in [0.4, 0.5) is 0 Å². The highest BCUT2D eigenvalue weighted by Gasteiger charge is 2.05. The van der Waals surface area contributed by atoms with E-state index in [1.165, 1.54) is 19.4 Å². The summed E-state index contributed by atoms with van der Waals surface area (Å²) in [6.45, 7) is 11.0. The zero-order valence-corrected chi connectivity index (χ0v) is 13.9. The second-order valence-corrected chi connectivity index (χ2v) is 5.72. The smallest absolute Gasteiger partial charge is 0.164 e. The van der Waals surface area contributed by atoms with Gasteiger partial charge in [0.2, 0.25) is 0 Å². The minimum atomic E-state index is 0.545. The van der Waals surface area contributed by atoms with Gasteiger partial charge in [-0.1, -0.05) is 13.8 Å². The van der Waals surface area contributed by atoms with Crippen molar-refractivity contribution in [2.75, 3.05) is 19.6 Å². The van der Waals surface area contributed by atoms with Gasteiger partial charge in [-0.2, -0.15) is 0 Å². The van der Waals surface area contributed by atoms with E-state index in [1.807, 2.05) is 12.1 Å². The topological polar surface area (TPSA) is 28.4 Å². The van der Waals surface area contributed by atoms with Crippen LogP contribution in [0.1, 0.15) is 39.4 Å². The highest BCUT2D eigenvalue weighted by molar-refractivity contribution is 14.1. The van der Waals surface area contributed by atoms with Gasteiger partial charge in [0, 0.05) is 6.04 Å². The van der Waals surface area contributed by atoms with Crippen molar-refractivity contribution in [1.29, 1.82) is 0 Å². The molecule has 18 heavy (non-hydrogen) atoms. The van der Waals surface area contributed by atoms with E-state index in [0.717, 1.165) is 29.2 Å². The van der Waals surface area contributed by atoms with Crippen molar-refractivity contribution < 1.29 is 4.42 Å². The van der Waals surface area contributed by atoms with E-state index in [-0.39, 0.29) is 0 Å². The van der Waals surface area contributed by atoms with Crippen LogP contribution in [0.5, 0.6) is 0 Å². The van der Waals surface area contributed by atoms with Crippen molar-refractivity contribution in [1.82, 2.24) is 10.2 Å². The predicted octanol–water partition coefficient (Wildman–Crippen LogP) is 3.48. The molecule has 1 rings (SSSR count). The SMILES string of the molecule is CCN(CC)CCCC(C)NCc1ccc(I)o1. The lowest BCUT2D eigenvalue weighted by Gasteiger charge is -2.19. The maximum absolute atomic E-state index is 5.53. The molecular weight excluding hydrogens is 339 g/mol. The number of nitrogens with one attached hydrogen (secondary N) is 1. The minimum Gasteiger partial charge on any atom is -0.454 e. The van der Waals surface area contributed by atoms with E-state index in [2.05, 4.69) is 53.6 Å². The van der Waals surface area contributed by atoms with E-state index < -0.39 is 0 Å². The van der Waals surface area contributed by atoms with Gasteiger partial charge in [-0.3, -0.25) is 0 Å². The average Bonchev–Trinajstić information content (AvgIpc) is 2.78. The Morgan fingerprint density at radius 2 is 2.06 bits per heavy atom. The lowest BCUT2D eigenvalue weighted by molar-refractivity contribution is 0.289. The Labute approximate surface area is 124 Å². The molecule has 0 amide bonds. The molecule has 1 aromatic heterocycles. The molecule has 0 aromatic carbocycles. The van der Waals surface area contributed by atoms with Crippen LogP contribution in [0.2, 0.25) is 0 Å². The second-order valence-electron chi connectivity index (χ2n) is 4.66. The van der Waals surface area contributed by atoms with Crippen LogP contribution in [0.25, 0.3) is 0 Å². The molecule has 0 aliphatic heterocycles. The average molecular weight is 364 g/mol. The van der Waals surface area contributed by atoms with E-state index >= 15 is 0 Å². The Morgan fingerprint density at radius 3 is 2.61 bits per heavy atom. The van der Waals surface area contributed by atoms with Crippen LogP contribution in [-0.2, 0) is 6.54 Å². The zero-order chi connectivity index (χ0) is 13.4. The molecule has 104 valence electrons. The summed E-state index contributed by atoms with van der Waals surface area (Å²) in [5.74, 6) is 1.02. The van der Waals surface area contributed by atoms with Gasteiger partial charge < -0.3 is 14.6 Å². The summed E-state index contributed by atoms with van der Waals surface area (Å²) in [6, 6.07) is 4.59. The van der Waals surface area contributed by atoms with Crippen LogP contribution >= 0.6 is 22.6 Å². The monoisotopic (exact) mass is 364 g/mol. The summed E-state index contributed by atoms with van der Waals surface area (Å²) in [5.41, 5.74) is 0. The van der Waals surface area contributed by atoms with Crippen molar-refractivity contribution >= 4 is 22.6 Å². The Balaban J connectivity index is 2.12. The van der Waals surface area contributed by atoms with E-state index in [9.17, 15) is 0 Å². The Bertz CT molecular complexity index is 323. The third-order valence-electron chi connectivity index (χ3n) is 3.26. The van der Waals surface area contributed by atoms with Crippen molar-refractivity contribution in [3.63, 3.8) is 0 Å². The molecule has 1 atom stereocenters. The molecule has 1 heterocycles. The van der Waals surface area contributed by atoms with Crippen molar-refractivity contribution in [2.45, 2.75) is 46.2 Å². The number of nitrogens with zero attached hydrogens (tertiary/aromatic N) is 1. The Kier molecular flexibility index (Phi) is 7.93. The third kappa shape index (κ3) is 6.20. The lowest BCUT2D eigenvalue weighted by atomic mass is 10.1. The van der Waals surface area contributed by atoms with Crippen LogP contribution in [0, 0.1) is 3.77 Å². The summed E-state index contributed by atoms with van der Waals surface area (Å²) >= 11 is 2.20. The molecule has 4 heteroatoms. The fourth-order valence-corrected chi connectivity index (χ4v) is 2.45. The summed E-state index contributed by atoms with van der Waals surface area (Å²) in [7, 11) is 0. The Hall–Kier alpha value is -0.0700. The number of hydrogen-bond donors (Lipinski definition) is 1. The molecule has 0 radical (unpaired) electrons. The van der Waals surface area contributed by atoms with E-state index in [1.54, 1.807) is 0 Å². The van der Waals surface area contributed by atoms with Gasteiger partial charge in [0.15, 0.2) is 3.77 Å². The standard InChI is InChI=1S/C14H25IN2O/c1-4-17(5-2)10-6-7-12(3)16-11-13-8-9-14(15)18-13/h8-9,12,16H,4-7,10-11H2,1-3H3. The summed E-state index contributed by atoms with van der Waals surface area (Å²) < 4.78 is 6.48. The molecule has 0 fully saturated rings. The Morgan fingerprint density at radius 1 is 1.33 bits per heavy atom. The first-order valence-corrected chi connectivity index (χ1v) is 7.93. The number of halogens is 1. The van der Waals surface area contributed by atoms with E-state index in [4.69, 9.17) is 4.42 Å². The molecule has 0 saturated heterocycles. The molecule has 1 aromatic rings. The van der Waals surface area contributed by atoms with Crippen LogP contribution < -0.4 is 5.32 Å². The van der Waals surface area contributed by atoms with Crippen LogP contribution in [0.15, 0.2) is 16.5 Å². The molecule has 3 nitrogen and oxygen atoms in total. The largest absolute Gasteiger partial charge is 0.454 e. The third-order valence-corrected chi connectivity index (χ3v) is 3.84. The van der Waals surface area contributed by atoms with Crippen LogP contribution in [-0.4, -0.2) is 30.6 Å². The molecule has 0 saturated carbocycles. The minimum absolute atomic E-state index is 0.545. The van der Waals surface area contributed by atoms with Gasteiger partial charge in [0.1, 0.15) is 5.76 Å². The van der Waals surface area contributed by atoms with E-state index in [0.29, 0.717) is 6.04 Å². The molecule has 1 unspecified atom stereocenters. The highest BCUT2D eigenvalue weighted by Crippen LogP contribution is 2.10. The number of furan rings is 1. The second kappa shape index (κ2) is 8.93. The van der Waals surface area contributed by atoms with Crippen molar-refractivity contribution in [3.8, 4) is 0 Å². The number of hydrogen-bond acceptors (Lipinski definition) is 3. The maximum atomic E-state index is 5.53. The normalized spacial score (nSPS) is 13.2. The van der Waals surface area contributed by atoms with Crippen molar-refractivity contribution in [2.24, 2.45) is 0 Å². The first-order chi connectivity index (χ1) is 8.65.